The lowest BCUT2D eigenvalue weighted by molar-refractivity contribution is -0.158. The lowest BCUT2D eigenvalue weighted by Crippen LogP contribution is -2.39. The third-order valence-corrected chi connectivity index (χ3v) is 4.53. The van der Waals surface area contributed by atoms with Crippen LogP contribution in [0.2, 0.25) is 0 Å². The Labute approximate surface area is 174 Å². The molecule has 2 rings (SSSR count). The molecular formula is C20H27N3O5S. The molecule has 1 N–H and O–H groups in total. The van der Waals surface area contributed by atoms with Crippen molar-refractivity contribution in [3.05, 3.63) is 35.8 Å². The number of hydrogen-bond acceptors (Lipinski definition) is 7. The molecule has 0 spiro atoms. The molecule has 9 heteroatoms. The first-order chi connectivity index (χ1) is 13.9. The second kappa shape index (κ2) is 10.8. The standard InChI is InChI=1S/C20H27N3O5S/c1-5-26-13-12-23(19(25)22-18-21-11-14-29-18)15-7-9-16(10-8-15)28-20(3,4)17(24)27-6-2/h7-11,14H,5-6,12-13H2,1-4H3,(H,21,22,25). The number of hydrogen-bond donors (Lipinski definition) is 1. The van der Waals surface area contributed by atoms with Crippen molar-refractivity contribution in [2.24, 2.45) is 0 Å². The van der Waals surface area contributed by atoms with Crippen molar-refractivity contribution in [1.82, 2.24) is 4.98 Å². The number of nitrogens with one attached hydrogen (secondary N) is 1. The molecule has 29 heavy (non-hydrogen) atoms. The fourth-order valence-corrected chi connectivity index (χ4v) is 2.95. The van der Waals surface area contributed by atoms with Gasteiger partial charge in [0.1, 0.15) is 5.75 Å². The lowest BCUT2D eigenvalue weighted by Gasteiger charge is -2.25. The Hall–Kier alpha value is -2.65. The van der Waals surface area contributed by atoms with Gasteiger partial charge in [0.2, 0.25) is 0 Å². The summed E-state index contributed by atoms with van der Waals surface area (Å²) in [5.41, 5.74) is -0.450. The molecule has 0 saturated heterocycles. The molecule has 158 valence electrons. The summed E-state index contributed by atoms with van der Waals surface area (Å²) < 4.78 is 16.2. The molecule has 8 nitrogen and oxygen atoms in total. The van der Waals surface area contributed by atoms with Crippen molar-refractivity contribution in [3.63, 3.8) is 0 Å². The molecule has 0 bridgehead atoms. The summed E-state index contributed by atoms with van der Waals surface area (Å²) in [5, 5.41) is 5.09. The minimum absolute atomic E-state index is 0.285. The number of anilines is 2. The van der Waals surface area contributed by atoms with E-state index in [0.29, 0.717) is 36.3 Å². The molecule has 0 radical (unpaired) electrons. The average Bonchev–Trinajstić information content (AvgIpc) is 3.19. The van der Waals surface area contributed by atoms with Crippen LogP contribution in [0.5, 0.6) is 5.75 Å². The summed E-state index contributed by atoms with van der Waals surface area (Å²) in [5.74, 6) is 0.0575. The number of esters is 1. The zero-order valence-electron chi connectivity index (χ0n) is 17.1. The topological polar surface area (TPSA) is 90.0 Å². The third-order valence-electron chi connectivity index (χ3n) is 3.84. The van der Waals surface area contributed by atoms with Crippen molar-refractivity contribution >= 4 is 34.2 Å². The van der Waals surface area contributed by atoms with Crippen LogP contribution in [0.4, 0.5) is 15.6 Å². The molecule has 0 aliphatic rings. The molecule has 1 aromatic carbocycles. The fraction of sp³-hybridized carbons (Fsp3) is 0.450. The van der Waals surface area contributed by atoms with Crippen LogP contribution in [-0.2, 0) is 14.3 Å². The smallest absolute Gasteiger partial charge is 0.349 e. The van der Waals surface area contributed by atoms with Crippen molar-refractivity contribution < 1.29 is 23.8 Å². The van der Waals surface area contributed by atoms with Gasteiger partial charge in [0.05, 0.1) is 19.8 Å². The number of carbonyl (C=O) groups excluding carboxylic acids is 2. The van der Waals surface area contributed by atoms with Gasteiger partial charge in [-0.3, -0.25) is 10.2 Å². The first-order valence-electron chi connectivity index (χ1n) is 9.39. The molecule has 1 heterocycles. The highest BCUT2D eigenvalue weighted by molar-refractivity contribution is 7.13. The number of ether oxygens (including phenoxy) is 3. The van der Waals surface area contributed by atoms with Gasteiger partial charge in [0.15, 0.2) is 10.7 Å². The fourth-order valence-electron chi connectivity index (χ4n) is 2.43. The SMILES string of the molecule is CCOCCN(C(=O)Nc1nccs1)c1ccc(OC(C)(C)C(=O)OCC)cc1. The molecule has 0 atom stereocenters. The molecule has 0 aliphatic heterocycles. The Morgan fingerprint density at radius 1 is 1.17 bits per heavy atom. The van der Waals surface area contributed by atoms with Gasteiger partial charge < -0.3 is 14.2 Å². The number of amides is 2. The highest BCUT2D eigenvalue weighted by atomic mass is 32.1. The summed E-state index contributed by atoms with van der Waals surface area (Å²) in [6, 6.07) is 6.62. The monoisotopic (exact) mass is 421 g/mol. The summed E-state index contributed by atoms with van der Waals surface area (Å²) in [6.07, 6.45) is 1.63. The van der Waals surface area contributed by atoms with Crippen molar-refractivity contribution in [2.75, 3.05) is 36.6 Å². The van der Waals surface area contributed by atoms with Crippen molar-refractivity contribution in [3.8, 4) is 5.75 Å². The van der Waals surface area contributed by atoms with Gasteiger partial charge in [-0.1, -0.05) is 0 Å². The second-order valence-corrected chi connectivity index (χ2v) is 7.34. The van der Waals surface area contributed by atoms with Crippen LogP contribution < -0.4 is 15.0 Å². The van der Waals surface area contributed by atoms with E-state index in [1.165, 1.54) is 11.3 Å². The highest BCUT2D eigenvalue weighted by Gasteiger charge is 2.31. The highest BCUT2D eigenvalue weighted by Crippen LogP contribution is 2.24. The zero-order valence-corrected chi connectivity index (χ0v) is 18.0. The van der Waals surface area contributed by atoms with Gasteiger partial charge in [0, 0.05) is 23.9 Å². The van der Waals surface area contributed by atoms with Gasteiger partial charge in [-0.25, -0.2) is 14.6 Å². The Balaban J connectivity index is 2.12. The number of nitrogens with zero attached hydrogens (tertiary/aromatic N) is 2. The Morgan fingerprint density at radius 3 is 2.48 bits per heavy atom. The van der Waals surface area contributed by atoms with Crippen molar-refractivity contribution in [1.29, 1.82) is 0 Å². The minimum Gasteiger partial charge on any atom is -0.476 e. The van der Waals surface area contributed by atoms with E-state index < -0.39 is 11.6 Å². The number of urea groups is 1. The normalized spacial score (nSPS) is 11.0. The van der Waals surface area contributed by atoms with Crippen LogP contribution in [0.15, 0.2) is 35.8 Å². The molecule has 2 amide bonds. The number of carbonyl (C=O) groups is 2. The predicted octanol–water partition coefficient (Wildman–Crippen LogP) is 3.94. The van der Waals surface area contributed by atoms with Crippen LogP contribution in [0.3, 0.4) is 0 Å². The molecule has 0 aliphatic carbocycles. The van der Waals surface area contributed by atoms with E-state index in [-0.39, 0.29) is 12.6 Å². The minimum atomic E-state index is -1.12. The van der Waals surface area contributed by atoms with E-state index >= 15 is 0 Å². The Morgan fingerprint density at radius 2 is 1.90 bits per heavy atom. The van der Waals surface area contributed by atoms with E-state index in [1.807, 2.05) is 6.92 Å². The summed E-state index contributed by atoms with van der Waals surface area (Å²) >= 11 is 1.34. The number of thiazole rings is 1. The Bertz CT molecular complexity index is 778. The molecule has 0 unspecified atom stereocenters. The maximum atomic E-state index is 12.7. The van der Waals surface area contributed by atoms with E-state index in [4.69, 9.17) is 14.2 Å². The van der Waals surface area contributed by atoms with Crippen LogP contribution in [-0.4, -0.2) is 49.0 Å². The third kappa shape index (κ3) is 6.72. The number of rotatable bonds is 10. The summed E-state index contributed by atoms with van der Waals surface area (Å²) in [6.45, 7) is 8.57. The van der Waals surface area contributed by atoms with Crippen LogP contribution >= 0.6 is 11.3 Å². The van der Waals surface area contributed by atoms with Gasteiger partial charge >= 0.3 is 12.0 Å². The first-order valence-corrected chi connectivity index (χ1v) is 10.3. The van der Waals surface area contributed by atoms with Gasteiger partial charge in [-0.05, 0) is 52.0 Å². The molecule has 0 fully saturated rings. The molecule has 1 aromatic heterocycles. The predicted molar refractivity (Wildman–Crippen MR) is 113 cm³/mol. The lowest BCUT2D eigenvalue weighted by atomic mass is 10.1. The zero-order chi connectivity index (χ0) is 21.3. The van der Waals surface area contributed by atoms with Gasteiger partial charge in [0.25, 0.3) is 0 Å². The van der Waals surface area contributed by atoms with Crippen LogP contribution in [0, 0.1) is 0 Å². The van der Waals surface area contributed by atoms with Crippen LogP contribution in [0.1, 0.15) is 27.7 Å². The maximum absolute atomic E-state index is 12.7. The summed E-state index contributed by atoms with van der Waals surface area (Å²) in [7, 11) is 0. The molecule has 2 aromatic rings. The van der Waals surface area contributed by atoms with E-state index in [0.717, 1.165) is 0 Å². The van der Waals surface area contributed by atoms with Gasteiger partial charge in [-0.2, -0.15) is 0 Å². The van der Waals surface area contributed by atoms with E-state index in [2.05, 4.69) is 10.3 Å². The van der Waals surface area contributed by atoms with Crippen molar-refractivity contribution in [2.45, 2.75) is 33.3 Å². The van der Waals surface area contributed by atoms with Crippen LogP contribution in [0.25, 0.3) is 0 Å². The molecular weight excluding hydrogens is 394 g/mol. The number of benzene rings is 1. The summed E-state index contributed by atoms with van der Waals surface area (Å²) in [4.78, 5) is 30.4. The van der Waals surface area contributed by atoms with E-state index in [1.54, 1.807) is 61.5 Å². The quantitative estimate of drug-likeness (QED) is 0.462. The second-order valence-electron chi connectivity index (χ2n) is 6.44. The van der Waals surface area contributed by atoms with Gasteiger partial charge in [-0.15, -0.1) is 11.3 Å². The van der Waals surface area contributed by atoms with E-state index in [9.17, 15) is 9.59 Å². The largest absolute Gasteiger partial charge is 0.476 e. The average molecular weight is 422 g/mol. The maximum Gasteiger partial charge on any atom is 0.349 e. The number of aromatic nitrogens is 1. The molecule has 0 saturated carbocycles. The first kappa shape index (κ1) is 22.6. The Kier molecular flexibility index (Phi) is 8.41.